The van der Waals surface area contributed by atoms with E-state index in [9.17, 15) is 4.79 Å². The number of carbonyl (C=O) groups is 1. The summed E-state index contributed by atoms with van der Waals surface area (Å²) in [4.78, 5) is 16.5. The Morgan fingerprint density at radius 2 is 1.70 bits per heavy atom. The monoisotopic (exact) mass is 366 g/mol. The van der Waals surface area contributed by atoms with Gasteiger partial charge in [-0.15, -0.1) is 10.2 Å². The first-order chi connectivity index (χ1) is 13.3. The van der Waals surface area contributed by atoms with E-state index in [4.69, 9.17) is 4.74 Å². The molecule has 4 rings (SSSR count). The molecule has 0 bridgehead atoms. The largest absolute Gasteiger partial charge is 0.378 e. The lowest BCUT2D eigenvalue weighted by Crippen LogP contribution is -2.41. The average Bonchev–Trinajstić information content (AvgIpc) is 2.75. The first kappa shape index (κ1) is 17.9. The summed E-state index contributed by atoms with van der Waals surface area (Å²) < 4.78 is 5.29. The summed E-state index contributed by atoms with van der Waals surface area (Å²) in [7, 11) is 0. The van der Waals surface area contributed by atoms with Crippen molar-refractivity contribution >= 4 is 11.7 Å². The molecule has 0 spiro atoms. The Morgan fingerprint density at radius 3 is 2.37 bits per heavy atom. The third-order valence-electron chi connectivity index (χ3n) is 5.47. The summed E-state index contributed by atoms with van der Waals surface area (Å²) >= 11 is 0. The molecule has 2 aromatic rings. The SMILES string of the molecule is O=C(c1ccc(N2CCC(Cc3ccccc3)CC2)nn1)N1CCOCC1. The van der Waals surface area contributed by atoms with E-state index in [0.29, 0.717) is 32.0 Å². The fraction of sp³-hybridized carbons (Fsp3) is 0.476. The number of carbonyl (C=O) groups excluding carboxylic acids is 1. The minimum atomic E-state index is -0.0566. The van der Waals surface area contributed by atoms with Gasteiger partial charge in [0.05, 0.1) is 13.2 Å². The number of morpholine rings is 1. The number of aromatic nitrogens is 2. The Labute approximate surface area is 160 Å². The van der Waals surface area contributed by atoms with Crippen LogP contribution < -0.4 is 4.90 Å². The first-order valence-corrected chi connectivity index (χ1v) is 9.79. The molecule has 0 unspecified atom stereocenters. The standard InChI is InChI=1S/C21H26N4O2/c26-21(25-12-14-27-15-13-25)19-6-7-20(23-22-19)24-10-8-18(9-11-24)16-17-4-2-1-3-5-17/h1-7,18H,8-16H2. The molecule has 0 atom stereocenters. The molecule has 1 aromatic carbocycles. The molecule has 3 heterocycles. The number of rotatable bonds is 4. The fourth-order valence-electron chi connectivity index (χ4n) is 3.85. The molecule has 6 heteroatoms. The molecule has 0 N–H and O–H groups in total. The molecule has 2 aliphatic heterocycles. The number of nitrogens with zero attached hydrogens (tertiary/aromatic N) is 4. The van der Waals surface area contributed by atoms with E-state index in [0.717, 1.165) is 44.1 Å². The normalized spacial score (nSPS) is 18.5. The van der Waals surface area contributed by atoms with Crippen molar-refractivity contribution in [1.82, 2.24) is 15.1 Å². The molecule has 142 valence electrons. The van der Waals surface area contributed by atoms with Crippen LogP contribution in [0, 0.1) is 5.92 Å². The maximum atomic E-state index is 12.5. The van der Waals surface area contributed by atoms with Gasteiger partial charge in [0.2, 0.25) is 0 Å². The molecule has 1 aromatic heterocycles. The van der Waals surface area contributed by atoms with Crippen LogP contribution in [-0.2, 0) is 11.2 Å². The zero-order valence-corrected chi connectivity index (χ0v) is 15.6. The molecule has 0 radical (unpaired) electrons. The van der Waals surface area contributed by atoms with Crippen LogP contribution in [0.25, 0.3) is 0 Å². The van der Waals surface area contributed by atoms with Gasteiger partial charge in [0.15, 0.2) is 11.5 Å². The quantitative estimate of drug-likeness (QED) is 0.832. The maximum Gasteiger partial charge on any atom is 0.274 e. The predicted molar refractivity (Wildman–Crippen MR) is 104 cm³/mol. The highest BCUT2D eigenvalue weighted by Crippen LogP contribution is 2.24. The minimum absolute atomic E-state index is 0.0566. The molecule has 27 heavy (non-hydrogen) atoms. The van der Waals surface area contributed by atoms with E-state index in [1.165, 1.54) is 5.56 Å². The summed E-state index contributed by atoms with van der Waals surface area (Å²) in [5.41, 5.74) is 1.83. The lowest BCUT2D eigenvalue weighted by atomic mass is 9.90. The molecular formula is C21H26N4O2. The Kier molecular flexibility index (Phi) is 5.63. The van der Waals surface area contributed by atoms with Crippen molar-refractivity contribution in [2.75, 3.05) is 44.3 Å². The van der Waals surface area contributed by atoms with Gasteiger partial charge >= 0.3 is 0 Å². The zero-order chi connectivity index (χ0) is 18.5. The van der Waals surface area contributed by atoms with Crippen LogP contribution in [0.5, 0.6) is 0 Å². The van der Waals surface area contributed by atoms with Crippen molar-refractivity contribution in [3.63, 3.8) is 0 Å². The van der Waals surface area contributed by atoms with E-state index in [1.54, 1.807) is 11.0 Å². The van der Waals surface area contributed by atoms with E-state index in [2.05, 4.69) is 45.4 Å². The maximum absolute atomic E-state index is 12.5. The molecule has 2 fully saturated rings. The van der Waals surface area contributed by atoms with Gasteiger partial charge in [-0.3, -0.25) is 4.79 Å². The second-order valence-corrected chi connectivity index (χ2v) is 7.30. The number of benzene rings is 1. The molecule has 6 nitrogen and oxygen atoms in total. The average molecular weight is 366 g/mol. The van der Waals surface area contributed by atoms with Crippen LogP contribution in [0.1, 0.15) is 28.9 Å². The van der Waals surface area contributed by atoms with E-state index in [1.807, 2.05) is 6.07 Å². The third kappa shape index (κ3) is 4.45. The Balaban J connectivity index is 1.31. The molecule has 1 amide bonds. The van der Waals surface area contributed by atoms with E-state index >= 15 is 0 Å². The second kappa shape index (κ2) is 8.48. The van der Waals surface area contributed by atoms with Crippen molar-refractivity contribution in [2.45, 2.75) is 19.3 Å². The van der Waals surface area contributed by atoms with Gasteiger partial charge < -0.3 is 14.5 Å². The summed E-state index contributed by atoms with van der Waals surface area (Å²) in [6.45, 7) is 4.41. The van der Waals surface area contributed by atoms with Crippen molar-refractivity contribution in [2.24, 2.45) is 5.92 Å². The third-order valence-corrected chi connectivity index (χ3v) is 5.47. The highest BCUT2D eigenvalue weighted by atomic mass is 16.5. The number of hydrogen-bond acceptors (Lipinski definition) is 5. The fourth-order valence-corrected chi connectivity index (χ4v) is 3.85. The molecule has 0 saturated carbocycles. The topological polar surface area (TPSA) is 58.6 Å². The van der Waals surface area contributed by atoms with Crippen LogP contribution in [0.4, 0.5) is 5.82 Å². The minimum Gasteiger partial charge on any atom is -0.378 e. The van der Waals surface area contributed by atoms with Crippen molar-refractivity contribution < 1.29 is 9.53 Å². The highest BCUT2D eigenvalue weighted by Gasteiger charge is 2.23. The summed E-state index contributed by atoms with van der Waals surface area (Å²) in [6, 6.07) is 14.4. The Morgan fingerprint density at radius 1 is 0.963 bits per heavy atom. The Bertz CT molecular complexity index is 737. The number of anilines is 1. The molecular weight excluding hydrogens is 340 g/mol. The van der Waals surface area contributed by atoms with Gasteiger partial charge in [0.1, 0.15) is 0 Å². The number of amides is 1. The van der Waals surface area contributed by atoms with Gasteiger partial charge in [-0.05, 0) is 42.9 Å². The van der Waals surface area contributed by atoms with E-state index in [-0.39, 0.29) is 5.91 Å². The predicted octanol–water partition coefficient (Wildman–Crippen LogP) is 2.41. The van der Waals surface area contributed by atoms with Gasteiger partial charge in [-0.25, -0.2) is 0 Å². The van der Waals surface area contributed by atoms with Crippen LogP contribution in [0.15, 0.2) is 42.5 Å². The smallest absolute Gasteiger partial charge is 0.274 e. The van der Waals surface area contributed by atoms with Gasteiger partial charge in [-0.1, -0.05) is 30.3 Å². The second-order valence-electron chi connectivity index (χ2n) is 7.30. The van der Waals surface area contributed by atoms with Gasteiger partial charge in [0.25, 0.3) is 5.91 Å². The summed E-state index contributed by atoms with van der Waals surface area (Å²) in [5.74, 6) is 1.53. The molecule has 0 aliphatic carbocycles. The van der Waals surface area contributed by atoms with Crippen molar-refractivity contribution in [3.05, 3.63) is 53.7 Å². The van der Waals surface area contributed by atoms with Crippen LogP contribution in [0.3, 0.4) is 0 Å². The van der Waals surface area contributed by atoms with Crippen molar-refractivity contribution in [1.29, 1.82) is 0 Å². The van der Waals surface area contributed by atoms with E-state index < -0.39 is 0 Å². The highest BCUT2D eigenvalue weighted by molar-refractivity contribution is 5.92. The summed E-state index contributed by atoms with van der Waals surface area (Å²) in [6.07, 6.45) is 3.46. The Hall–Kier alpha value is -2.47. The van der Waals surface area contributed by atoms with Crippen LogP contribution >= 0.6 is 0 Å². The zero-order valence-electron chi connectivity index (χ0n) is 15.6. The van der Waals surface area contributed by atoms with Crippen LogP contribution in [0.2, 0.25) is 0 Å². The number of piperidine rings is 1. The summed E-state index contributed by atoms with van der Waals surface area (Å²) in [5, 5.41) is 8.52. The lowest BCUT2D eigenvalue weighted by Gasteiger charge is -2.32. The number of hydrogen-bond donors (Lipinski definition) is 0. The number of ether oxygens (including phenoxy) is 1. The van der Waals surface area contributed by atoms with Gasteiger partial charge in [-0.2, -0.15) is 0 Å². The molecule has 2 aliphatic rings. The van der Waals surface area contributed by atoms with Crippen LogP contribution in [-0.4, -0.2) is 60.4 Å². The lowest BCUT2D eigenvalue weighted by molar-refractivity contribution is 0.0298. The van der Waals surface area contributed by atoms with Crippen molar-refractivity contribution in [3.8, 4) is 0 Å². The van der Waals surface area contributed by atoms with Gasteiger partial charge in [0, 0.05) is 26.2 Å². The molecule has 2 saturated heterocycles. The first-order valence-electron chi connectivity index (χ1n) is 9.79.